The normalized spacial score (nSPS) is 15.6. The van der Waals surface area contributed by atoms with Crippen LogP contribution < -0.4 is 14.8 Å². The smallest absolute Gasteiger partial charge is 0.251 e. The number of amides is 1. The van der Waals surface area contributed by atoms with Crippen LogP contribution in [0.25, 0.3) is 0 Å². The Labute approximate surface area is 172 Å². The molecule has 0 radical (unpaired) electrons. The van der Waals surface area contributed by atoms with Crippen molar-refractivity contribution in [3.63, 3.8) is 0 Å². The molecule has 1 N–H and O–H groups in total. The number of carbonyl (C=O) groups excluding carboxylic acids is 1. The van der Waals surface area contributed by atoms with Crippen molar-refractivity contribution in [1.29, 1.82) is 0 Å². The Balaban J connectivity index is 1.70. The van der Waals surface area contributed by atoms with Gasteiger partial charge in [0, 0.05) is 25.2 Å². The third kappa shape index (κ3) is 5.49. The molecule has 29 heavy (non-hydrogen) atoms. The van der Waals surface area contributed by atoms with Crippen LogP contribution >= 0.6 is 0 Å². The van der Waals surface area contributed by atoms with Gasteiger partial charge in [-0.25, -0.2) is 0 Å². The molecule has 3 rings (SSSR count). The standard InChI is InChI=1S/C23H30N2O4/c1-4-20(18-8-9-21(27-2)22(15-18)28-3)24-23(26)19-7-5-6-17(14-19)16-25-10-12-29-13-11-25/h5-9,14-15,20H,4,10-13,16H2,1-3H3,(H,24,26)/t20-/m0/s1. The van der Waals surface area contributed by atoms with Crippen molar-refractivity contribution in [2.75, 3.05) is 40.5 Å². The van der Waals surface area contributed by atoms with Crippen LogP contribution in [-0.2, 0) is 11.3 Å². The van der Waals surface area contributed by atoms with E-state index in [0.717, 1.165) is 50.4 Å². The molecular weight excluding hydrogens is 368 g/mol. The second-order valence-corrected chi connectivity index (χ2v) is 7.14. The first-order chi connectivity index (χ1) is 14.1. The van der Waals surface area contributed by atoms with E-state index in [-0.39, 0.29) is 11.9 Å². The number of ether oxygens (including phenoxy) is 3. The van der Waals surface area contributed by atoms with Gasteiger partial charge in [0.1, 0.15) is 0 Å². The van der Waals surface area contributed by atoms with Gasteiger partial charge in [0.25, 0.3) is 5.91 Å². The summed E-state index contributed by atoms with van der Waals surface area (Å²) in [6.45, 7) is 6.27. The first-order valence-electron chi connectivity index (χ1n) is 10.1. The number of rotatable bonds is 8. The first kappa shape index (κ1) is 21.1. The van der Waals surface area contributed by atoms with Gasteiger partial charge in [-0.15, -0.1) is 0 Å². The van der Waals surface area contributed by atoms with Crippen LogP contribution in [0.1, 0.15) is 40.9 Å². The average Bonchev–Trinajstić information content (AvgIpc) is 2.77. The average molecular weight is 399 g/mol. The number of benzene rings is 2. The zero-order chi connectivity index (χ0) is 20.6. The highest BCUT2D eigenvalue weighted by molar-refractivity contribution is 5.94. The number of morpholine rings is 1. The van der Waals surface area contributed by atoms with Crippen molar-refractivity contribution in [3.05, 3.63) is 59.2 Å². The predicted octanol–water partition coefficient (Wildman–Crippen LogP) is 3.42. The van der Waals surface area contributed by atoms with Crippen LogP contribution in [-0.4, -0.2) is 51.3 Å². The van der Waals surface area contributed by atoms with Gasteiger partial charge >= 0.3 is 0 Å². The summed E-state index contributed by atoms with van der Waals surface area (Å²) >= 11 is 0. The first-order valence-corrected chi connectivity index (χ1v) is 10.1. The van der Waals surface area contributed by atoms with Crippen molar-refractivity contribution in [2.45, 2.75) is 25.9 Å². The van der Waals surface area contributed by atoms with Crippen LogP contribution in [0.5, 0.6) is 11.5 Å². The van der Waals surface area contributed by atoms with Gasteiger partial charge in [-0.1, -0.05) is 25.1 Å². The molecule has 1 amide bonds. The molecule has 1 aliphatic rings. The molecule has 2 aromatic carbocycles. The summed E-state index contributed by atoms with van der Waals surface area (Å²) in [5.41, 5.74) is 2.80. The van der Waals surface area contributed by atoms with Crippen LogP contribution in [0, 0.1) is 0 Å². The Hall–Kier alpha value is -2.57. The molecule has 0 aliphatic carbocycles. The summed E-state index contributed by atoms with van der Waals surface area (Å²) in [4.78, 5) is 15.3. The fraction of sp³-hybridized carbons (Fsp3) is 0.435. The maximum Gasteiger partial charge on any atom is 0.251 e. The minimum Gasteiger partial charge on any atom is -0.493 e. The van der Waals surface area contributed by atoms with E-state index in [0.29, 0.717) is 17.1 Å². The number of nitrogens with one attached hydrogen (secondary N) is 1. The Morgan fingerprint density at radius 3 is 2.55 bits per heavy atom. The summed E-state index contributed by atoms with van der Waals surface area (Å²) in [6.07, 6.45) is 0.773. The van der Waals surface area contributed by atoms with Gasteiger partial charge in [-0.2, -0.15) is 0 Å². The van der Waals surface area contributed by atoms with Crippen molar-refractivity contribution in [3.8, 4) is 11.5 Å². The summed E-state index contributed by atoms with van der Waals surface area (Å²) in [6, 6.07) is 13.5. The van der Waals surface area contributed by atoms with Gasteiger partial charge in [-0.3, -0.25) is 9.69 Å². The molecule has 1 fully saturated rings. The van der Waals surface area contributed by atoms with Gasteiger partial charge in [0.2, 0.25) is 0 Å². The van der Waals surface area contributed by atoms with E-state index in [1.54, 1.807) is 14.2 Å². The zero-order valence-corrected chi connectivity index (χ0v) is 17.4. The van der Waals surface area contributed by atoms with E-state index >= 15 is 0 Å². The molecule has 156 valence electrons. The monoisotopic (exact) mass is 398 g/mol. The molecule has 0 bridgehead atoms. The lowest BCUT2D eigenvalue weighted by atomic mass is 10.0. The lowest BCUT2D eigenvalue weighted by molar-refractivity contribution is 0.0342. The van der Waals surface area contributed by atoms with Crippen molar-refractivity contribution < 1.29 is 19.0 Å². The third-order valence-corrected chi connectivity index (χ3v) is 5.22. The number of carbonyl (C=O) groups is 1. The summed E-state index contributed by atoms with van der Waals surface area (Å²) in [5.74, 6) is 1.26. The maximum absolute atomic E-state index is 12.9. The second-order valence-electron chi connectivity index (χ2n) is 7.14. The van der Waals surface area contributed by atoms with Gasteiger partial charge in [0.15, 0.2) is 11.5 Å². The Bertz CT molecular complexity index is 818. The second kappa shape index (κ2) is 10.3. The van der Waals surface area contributed by atoms with E-state index in [9.17, 15) is 4.79 Å². The highest BCUT2D eigenvalue weighted by Gasteiger charge is 2.17. The quantitative estimate of drug-likeness (QED) is 0.738. The minimum atomic E-state index is -0.106. The zero-order valence-electron chi connectivity index (χ0n) is 17.4. The van der Waals surface area contributed by atoms with Crippen LogP contribution in [0.2, 0.25) is 0 Å². The summed E-state index contributed by atoms with van der Waals surface area (Å²) < 4.78 is 16.1. The summed E-state index contributed by atoms with van der Waals surface area (Å²) in [5, 5.41) is 3.15. The van der Waals surface area contributed by atoms with Crippen LogP contribution in [0.4, 0.5) is 0 Å². The molecule has 1 atom stereocenters. The number of hydrogen-bond acceptors (Lipinski definition) is 5. The lowest BCUT2D eigenvalue weighted by Crippen LogP contribution is -2.35. The van der Waals surface area contributed by atoms with E-state index < -0.39 is 0 Å². The van der Waals surface area contributed by atoms with Crippen molar-refractivity contribution >= 4 is 5.91 Å². The topological polar surface area (TPSA) is 60.0 Å². The fourth-order valence-electron chi connectivity index (χ4n) is 3.56. The molecule has 0 saturated carbocycles. The van der Waals surface area contributed by atoms with Crippen molar-refractivity contribution in [2.24, 2.45) is 0 Å². The Kier molecular flexibility index (Phi) is 7.49. The van der Waals surface area contributed by atoms with E-state index in [1.807, 2.05) is 36.4 Å². The molecule has 1 heterocycles. The number of nitrogens with zero attached hydrogens (tertiary/aromatic N) is 1. The molecule has 2 aromatic rings. The molecule has 6 nitrogen and oxygen atoms in total. The van der Waals surface area contributed by atoms with E-state index in [2.05, 4.69) is 23.2 Å². The highest BCUT2D eigenvalue weighted by Crippen LogP contribution is 2.31. The van der Waals surface area contributed by atoms with Crippen LogP contribution in [0.15, 0.2) is 42.5 Å². The molecule has 1 saturated heterocycles. The molecule has 0 spiro atoms. The molecule has 6 heteroatoms. The van der Waals surface area contributed by atoms with Gasteiger partial charge < -0.3 is 19.5 Å². The Morgan fingerprint density at radius 2 is 1.86 bits per heavy atom. The maximum atomic E-state index is 12.9. The van der Waals surface area contributed by atoms with Crippen LogP contribution in [0.3, 0.4) is 0 Å². The molecular formula is C23H30N2O4. The highest BCUT2D eigenvalue weighted by atomic mass is 16.5. The third-order valence-electron chi connectivity index (χ3n) is 5.22. The van der Waals surface area contributed by atoms with E-state index in [1.165, 1.54) is 0 Å². The minimum absolute atomic E-state index is 0.0736. The Morgan fingerprint density at radius 1 is 1.10 bits per heavy atom. The number of methoxy groups -OCH3 is 2. The molecule has 0 unspecified atom stereocenters. The largest absolute Gasteiger partial charge is 0.493 e. The fourth-order valence-corrected chi connectivity index (χ4v) is 3.56. The predicted molar refractivity (Wildman–Crippen MR) is 113 cm³/mol. The lowest BCUT2D eigenvalue weighted by Gasteiger charge is -2.26. The molecule has 0 aromatic heterocycles. The van der Waals surface area contributed by atoms with E-state index in [4.69, 9.17) is 14.2 Å². The molecule has 1 aliphatic heterocycles. The summed E-state index contributed by atoms with van der Waals surface area (Å²) in [7, 11) is 3.22. The van der Waals surface area contributed by atoms with Gasteiger partial charge in [0.05, 0.1) is 33.5 Å². The number of hydrogen-bond donors (Lipinski definition) is 1. The SMILES string of the molecule is CC[C@H](NC(=O)c1cccc(CN2CCOCC2)c1)c1ccc(OC)c(OC)c1. The van der Waals surface area contributed by atoms with Gasteiger partial charge in [-0.05, 0) is 41.8 Å². The van der Waals surface area contributed by atoms with Crippen molar-refractivity contribution in [1.82, 2.24) is 10.2 Å².